The monoisotopic (exact) mass is 328 g/mol. The van der Waals surface area contributed by atoms with Crippen molar-refractivity contribution in [2.45, 2.75) is 45.1 Å². The molecule has 24 heavy (non-hydrogen) atoms. The number of aldehydes is 1. The van der Waals surface area contributed by atoms with E-state index < -0.39 is 0 Å². The molecule has 4 nitrogen and oxygen atoms in total. The molecule has 0 N–H and O–H groups in total. The fourth-order valence-corrected chi connectivity index (χ4v) is 4.20. The second-order valence-corrected chi connectivity index (χ2v) is 6.96. The lowest BCUT2D eigenvalue weighted by Crippen LogP contribution is -2.32. The molecule has 1 atom stereocenters. The van der Waals surface area contributed by atoms with E-state index >= 15 is 0 Å². The minimum absolute atomic E-state index is 0.104. The summed E-state index contributed by atoms with van der Waals surface area (Å²) in [6, 6.07) is 1.53. The molecule has 0 bridgehead atoms. The second-order valence-electron chi connectivity index (χ2n) is 6.96. The molecule has 1 aromatic heterocycles. The Bertz CT molecular complexity index is 881. The van der Waals surface area contributed by atoms with Gasteiger partial charge in [-0.3, -0.25) is 9.59 Å². The van der Waals surface area contributed by atoms with Gasteiger partial charge >= 0.3 is 0 Å². The second kappa shape index (κ2) is 5.72. The maximum Gasteiger partial charge on any atom is 0.200 e. The molecule has 2 aliphatic heterocycles. The third-order valence-electron chi connectivity index (χ3n) is 5.45. The molecule has 0 saturated carbocycles. The van der Waals surface area contributed by atoms with E-state index in [9.17, 15) is 14.0 Å². The van der Waals surface area contributed by atoms with E-state index in [0.717, 1.165) is 49.9 Å². The molecule has 1 aromatic carbocycles. The standard InChI is InChI=1S/C19H21FN2O2/c1-12-5-6-14-17-15(19(24)13(11-23)10-22(12)17)9-16(20)18(14)21-7-3-2-4-8-21/h9-12H,2-8H2,1H3. The molecule has 126 valence electrons. The molecule has 0 amide bonds. The van der Waals surface area contributed by atoms with E-state index in [0.29, 0.717) is 17.4 Å². The van der Waals surface area contributed by atoms with Crippen molar-refractivity contribution in [1.82, 2.24) is 4.57 Å². The van der Waals surface area contributed by atoms with Gasteiger partial charge in [0.25, 0.3) is 0 Å². The highest BCUT2D eigenvalue weighted by Gasteiger charge is 2.27. The maximum absolute atomic E-state index is 14.9. The predicted octanol–water partition coefficient (Wildman–Crippen LogP) is 3.45. The quantitative estimate of drug-likeness (QED) is 0.793. The maximum atomic E-state index is 14.9. The smallest absolute Gasteiger partial charge is 0.200 e. The van der Waals surface area contributed by atoms with Crippen LogP contribution in [-0.2, 0) is 6.42 Å². The van der Waals surface area contributed by atoms with Crippen LogP contribution in [0.1, 0.15) is 54.6 Å². The summed E-state index contributed by atoms with van der Waals surface area (Å²) in [7, 11) is 0. The van der Waals surface area contributed by atoms with Crippen molar-refractivity contribution in [1.29, 1.82) is 0 Å². The number of pyridine rings is 1. The number of halogens is 1. The van der Waals surface area contributed by atoms with E-state index in [1.165, 1.54) is 12.5 Å². The van der Waals surface area contributed by atoms with Crippen molar-refractivity contribution in [2.24, 2.45) is 0 Å². The fraction of sp³-hybridized carbons (Fsp3) is 0.474. The molecule has 0 spiro atoms. The van der Waals surface area contributed by atoms with Crippen molar-refractivity contribution in [3.8, 4) is 0 Å². The number of benzene rings is 1. The lowest BCUT2D eigenvalue weighted by atomic mass is 9.93. The average Bonchev–Trinajstić information content (AvgIpc) is 2.60. The zero-order valence-electron chi connectivity index (χ0n) is 13.8. The molecular formula is C19H21FN2O2. The first kappa shape index (κ1) is 15.4. The predicted molar refractivity (Wildman–Crippen MR) is 92.6 cm³/mol. The van der Waals surface area contributed by atoms with Crippen LogP contribution < -0.4 is 10.3 Å². The number of carbonyl (C=O) groups excluding carboxylic acids is 1. The van der Waals surface area contributed by atoms with Crippen molar-refractivity contribution < 1.29 is 9.18 Å². The van der Waals surface area contributed by atoms with Crippen molar-refractivity contribution in [3.63, 3.8) is 0 Å². The van der Waals surface area contributed by atoms with Crippen LogP contribution in [0.15, 0.2) is 17.1 Å². The Hall–Kier alpha value is -2.17. The van der Waals surface area contributed by atoms with Crippen LogP contribution in [0.3, 0.4) is 0 Å². The van der Waals surface area contributed by atoms with Gasteiger partial charge in [-0.1, -0.05) is 0 Å². The molecule has 4 rings (SSSR count). The van der Waals surface area contributed by atoms with Gasteiger partial charge in [-0.25, -0.2) is 4.39 Å². The average molecular weight is 328 g/mol. The lowest BCUT2D eigenvalue weighted by molar-refractivity contribution is 0.112. The van der Waals surface area contributed by atoms with Crippen LogP contribution in [0.2, 0.25) is 0 Å². The number of hydrogen-bond donors (Lipinski definition) is 0. The molecule has 2 aliphatic rings. The molecule has 5 heteroatoms. The summed E-state index contributed by atoms with van der Waals surface area (Å²) in [5.74, 6) is -0.333. The van der Waals surface area contributed by atoms with Crippen LogP contribution in [0.5, 0.6) is 0 Å². The molecule has 3 heterocycles. The Morgan fingerprint density at radius 2 is 2.00 bits per heavy atom. The molecule has 0 aliphatic carbocycles. The molecule has 1 fully saturated rings. The minimum Gasteiger partial charge on any atom is -0.369 e. The third-order valence-corrected chi connectivity index (χ3v) is 5.45. The van der Waals surface area contributed by atoms with Crippen LogP contribution in [-0.4, -0.2) is 23.9 Å². The zero-order valence-corrected chi connectivity index (χ0v) is 13.8. The van der Waals surface area contributed by atoms with Crippen LogP contribution in [0.25, 0.3) is 10.9 Å². The number of piperidine rings is 1. The summed E-state index contributed by atoms with van der Waals surface area (Å²) in [6.07, 6.45) is 7.19. The summed E-state index contributed by atoms with van der Waals surface area (Å²) < 4.78 is 16.9. The molecule has 1 unspecified atom stereocenters. The molecule has 1 saturated heterocycles. The van der Waals surface area contributed by atoms with E-state index in [-0.39, 0.29) is 22.9 Å². The largest absolute Gasteiger partial charge is 0.369 e. The summed E-state index contributed by atoms with van der Waals surface area (Å²) in [5.41, 5.74) is 2.15. The van der Waals surface area contributed by atoms with Crippen molar-refractivity contribution in [3.05, 3.63) is 39.4 Å². The Morgan fingerprint density at radius 3 is 2.71 bits per heavy atom. The third kappa shape index (κ3) is 2.18. The Morgan fingerprint density at radius 1 is 1.25 bits per heavy atom. The summed E-state index contributed by atoms with van der Waals surface area (Å²) >= 11 is 0. The highest BCUT2D eigenvalue weighted by atomic mass is 19.1. The number of aromatic nitrogens is 1. The molecule has 0 radical (unpaired) electrons. The van der Waals surface area contributed by atoms with Gasteiger partial charge in [0, 0.05) is 36.3 Å². The van der Waals surface area contributed by atoms with E-state index in [1.54, 1.807) is 6.20 Å². The minimum atomic E-state index is -0.365. The Labute approximate surface area is 139 Å². The first-order valence-electron chi connectivity index (χ1n) is 8.72. The number of rotatable bonds is 2. The molecule has 2 aromatic rings. The van der Waals surface area contributed by atoms with E-state index in [2.05, 4.69) is 11.8 Å². The number of nitrogens with zero attached hydrogens (tertiary/aromatic N) is 2. The van der Waals surface area contributed by atoms with Gasteiger partial charge in [0.2, 0.25) is 0 Å². The van der Waals surface area contributed by atoms with Gasteiger partial charge in [0.1, 0.15) is 5.82 Å². The van der Waals surface area contributed by atoms with Gasteiger partial charge < -0.3 is 9.47 Å². The van der Waals surface area contributed by atoms with Crippen molar-refractivity contribution in [2.75, 3.05) is 18.0 Å². The number of hydrogen-bond acceptors (Lipinski definition) is 3. The van der Waals surface area contributed by atoms with E-state index in [1.807, 2.05) is 4.57 Å². The van der Waals surface area contributed by atoms with E-state index in [4.69, 9.17) is 0 Å². The summed E-state index contributed by atoms with van der Waals surface area (Å²) in [6.45, 7) is 3.80. The normalized spacial score (nSPS) is 20.4. The van der Waals surface area contributed by atoms with Crippen LogP contribution in [0.4, 0.5) is 10.1 Å². The SMILES string of the molecule is CC1CCc2c(N3CCCCC3)c(F)cc3c(=O)c(C=O)cn1c23. The highest BCUT2D eigenvalue weighted by Crippen LogP contribution is 2.38. The van der Waals surface area contributed by atoms with Crippen LogP contribution in [0, 0.1) is 5.82 Å². The summed E-state index contributed by atoms with van der Waals surface area (Å²) in [5, 5.41) is 0.333. The van der Waals surface area contributed by atoms with Crippen LogP contribution >= 0.6 is 0 Å². The highest BCUT2D eigenvalue weighted by molar-refractivity contribution is 5.92. The zero-order chi connectivity index (χ0) is 16.8. The van der Waals surface area contributed by atoms with Crippen molar-refractivity contribution >= 4 is 22.9 Å². The Kier molecular flexibility index (Phi) is 3.66. The van der Waals surface area contributed by atoms with Gasteiger partial charge in [0.15, 0.2) is 11.7 Å². The topological polar surface area (TPSA) is 42.3 Å². The van der Waals surface area contributed by atoms with Gasteiger partial charge in [0.05, 0.1) is 16.8 Å². The first-order chi connectivity index (χ1) is 11.6. The number of aryl methyl sites for hydroxylation is 1. The van der Waals surface area contributed by atoms with Gasteiger partial charge in [-0.15, -0.1) is 0 Å². The first-order valence-corrected chi connectivity index (χ1v) is 8.72. The lowest BCUT2D eigenvalue weighted by Gasteiger charge is -2.34. The fourth-order valence-electron chi connectivity index (χ4n) is 4.20. The summed E-state index contributed by atoms with van der Waals surface area (Å²) in [4.78, 5) is 25.9. The Balaban J connectivity index is 2.06. The van der Waals surface area contributed by atoms with Gasteiger partial charge in [-0.05, 0) is 45.1 Å². The van der Waals surface area contributed by atoms with Gasteiger partial charge in [-0.2, -0.15) is 0 Å². The number of carbonyl (C=O) groups is 1. The molecular weight excluding hydrogens is 307 g/mol. The number of anilines is 1.